The molecule has 3 aromatic heterocycles. The van der Waals surface area contributed by atoms with Gasteiger partial charge >= 0.3 is 0 Å². The Hall–Kier alpha value is -3.66. The third-order valence-electron chi connectivity index (χ3n) is 4.61. The average Bonchev–Trinajstić information content (AvgIpc) is 2.73. The van der Waals surface area contributed by atoms with Crippen molar-refractivity contribution in [1.82, 2.24) is 14.4 Å². The van der Waals surface area contributed by atoms with Gasteiger partial charge in [-0.2, -0.15) is 0 Å². The summed E-state index contributed by atoms with van der Waals surface area (Å²) in [7, 11) is -2.83. The van der Waals surface area contributed by atoms with E-state index in [1.807, 2.05) is 0 Å². The molecule has 31 heavy (non-hydrogen) atoms. The summed E-state index contributed by atoms with van der Waals surface area (Å²) in [6, 6.07) is 8.48. The molecule has 158 valence electrons. The van der Waals surface area contributed by atoms with Crippen molar-refractivity contribution in [3.05, 3.63) is 88.6 Å². The number of halogens is 2. The Balaban J connectivity index is 1.78. The van der Waals surface area contributed by atoms with E-state index in [1.54, 1.807) is 18.3 Å². The lowest BCUT2D eigenvalue weighted by atomic mass is 10.1. The first-order valence-corrected chi connectivity index (χ1v) is 10.6. The fourth-order valence-corrected chi connectivity index (χ4v) is 4.56. The van der Waals surface area contributed by atoms with Crippen LogP contribution in [0, 0.1) is 11.6 Å². The largest absolute Gasteiger partial charge is 0.481 e. The minimum Gasteiger partial charge on any atom is -0.481 e. The van der Waals surface area contributed by atoms with Gasteiger partial charge in [0, 0.05) is 47.4 Å². The summed E-state index contributed by atoms with van der Waals surface area (Å²) in [5.41, 5.74) is 1.46. The number of hydrogen-bond acceptors (Lipinski definition) is 6. The predicted octanol–water partition coefficient (Wildman–Crippen LogP) is 3.02. The molecule has 0 N–H and O–H groups in total. The molecule has 3 heterocycles. The van der Waals surface area contributed by atoms with E-state index in [9.17, 15) is 22.0 Å². The maximum Gasteiger partial charge on any atom is 0.257 e. The van der Waals surface area contributed by atoms with Crippen LogP contribution in [0.3, 0.4) is 0 Å². The van der Waals surface area contributed by atoms with Crippen molar-refractivity contribution in [3.63, 3.8) is 0 Å². The Morgan fingerprint density at radius 3 is 2.58 bits per heavy atom. The summed E-state index contributed by atoms with van der Waals surface area (Å²) in [6.45, 7) is 0. The molecule has 7 nitrogen and oxygen atoms in total. The van der Waals surface area contributed by atoms with Crippen LogP contribution in [0.2, 0.25) is 0 Å². The van der Waals surface area contributed by atoms with Gasteiger partial charge in [-0.25, -0.2) is 27.2 Å². The molecular formula is C21H15F2N3O4S. The van der Waals surface area contributed by atoms with Crippen molar-refractivity contribution in [1.29, 1.82) is 0 Å². The Morgan fingerprint density at radius 2 is 1.84 bits per heavy atom. The number of ether oxygens (including phenoxy) is 1. The molecule has 0 bridgehead atoms. The van der Waals surface area contributed by atoms with Crippen LogP contribution in [0.25, 0.3) is 16.8 Å². The molecule has 0 radical (unpaired) electrons. The molecule has 0 saturated heterocycles. The zero-order valence-electron chi connectivity index (χ0n) is 16.1. The first-order valence-electron chi connectivity index (χ1n) is 8.97. The highest BCUT2D eigenvalue weighted by Gasteiger charge is 2.23. The van der Waals surface area contributed by atoms with Crippen LogP contribution in [0.1, 0.15) is 5.56 Å². The zero-order chi connectivity index (χ0) is 22.2. The number of nitrogens with zero attached hydrogens (tertiary/aromatic N) is 3. The summed E-state index contributed by atoms with van der Waals surface area (Å²) in [5.74, 6) is -2.62. The Bertz CT molecular complexity index is 1470. The molecule has 0 unspecified atom stereocenters. The second kappa shape index (κ2) is 7.88. The maximum absolute atomic E-state index is 14.1. The summed E-state index contributed by atoms with van der Waals surface area (Å²) in [6.07, 6.45) is 4.44. The molecule has 4 rings (SSSR count). The Morgan fingerprint density at radius 1 is 1.03 bits per heavy atom. The number of benzene rings is 1. The number of methoxy groups -OCH3 is 1. The third kappa shape index (κ3) is 4.02. The molecule has 0 atom stereocenters. The molecular weight excluding hydrogens is 428 g/mol. The van der Waals surface area contributed by atoms with Gasteiger partial charge in [-0.3, -0.25) is 9.20 Å². The van der Waals surface area contributed by atoms with Crippen molar-refractivity contribution in [2.24, 2.45) is 0 Å². The van der Waals surface area contributed by atoms with Gasteiger partial charge in [0.05, 0.1) is 12.9 Å². The highest BCUT2D eigenvalue weighted by atomic mass is 32.2. The van der Waals surface area contributed by atoms with Crippen LogP contribution in [-0.2, 0) is 15.6 Å². The van der Waals surface area contributed by atoms with E-state index in [1.165, 1.54) is 36.0 Å². The van der Waals surface area contributed by atoms with Crippen molar-refractivity contribution >= 4 is 15.5 Å². The molecule has 0 spiro atoms. The summed E-state index contributed by atoms with van der Waals surface area (Å²) in [5, 5.41) is 0. The minimum absolute atomic E-state index is 0.0504. The van der Waals surface area contributed by atoms with Crippen molar-refractivity contribution in [2.75, 3.05) is 7.11 Å². The van der Waals surface area contributed by atoms with Gasteiger partial charge in [-0.1, -0.05) is 0 Å². The first kappa shape index (κ1) is 20.6. The van der Waals surface area contributed by atoms with E-state index in [0.29, 0.717) is 22.8 Å². The lowest BCUT2D eigenvalue weighted by Gasteiger charge is -2.12. The number of pyridine rings is 2. The van der Waals surface area contributed by atoms with Crippen LogP contribution in [0.4, 0.5) is 8.78 Å². The number of hydrogen-bond donors (Lipinski definition) is 0. The van der Waals surface area contributed by atoms with Crippen LogP contribution in [0.5, 0.6) is 5.88 Å². The normalized spacial score (nSPS) is 11.6. The molecule has 10 heteroatoms. The minimum atomic E-state index is -4.16. The van der Waals surface area contributed by atoms with Gasteiger partial charge in [0.2, 0.25) is 5.88 Å². The topological polar surface area (TPSA) is 90.6 Å². The smallest absolute Gasteiger partial charge is 0.257 e. The fourth-order valence-electron chi connectivity index (χ4n) is 3.16. The molecule has 1 aromatic carbocycles. The van der Waals surface area contributed by atoms with E-state index in [0.717, 1.165) is 12.1 Å². The van der Waals surface area contributed by atoms with E-state index >= 15 is 0 Å². The standard InChI is InChI=1S/C21H15F2N3O4S/c1-30-21-15(12-31(28,29)18-4-3-16(22)9-17(18)23)8-14(10-25-21)13-2-5-19-24-7-6-20(27)26(19)11-13/h2-11H,12H2,1H3. The maximum atomic E-state index is 14.1. The quantitative estimate of drug-likeness (QED) is 0.441. The SMILES string of the molecule is COc1ncc(-c2ccc3nccc(=O)n3c2)cc1CS(=O)(=O)c1ccc(F)cc1F. The zero-order valence-corrected chi connectivity index (χ0v) is 16.9. The van der Waals surface area contributed by atoms with E-state index < -0.39 is 32.1 Å². The van der Waals surface area contributed by atoms with Gasteiger partial charge in [0.25, 0.3) is 5.56 Å². The molecule has 0 fully saturated rings. The summed E-state index contributed by atoms with van der Waals surface area (Å²) >= 11 is 0. The number of sulfone groups is 1. The van der Waals surface area contributed by atoms with Crippen molar-refractivity contribution in [3.8, 4) is 17.0 Å². The highest BCUT2D eigenvalue weighted by molar-refractivity contribution is 7.90. The molecule has 4 aromatic rings. The van der Waals surface area contributed by atoms with Crippen molar-refractivity contribution < 1.29 is 21.9 Å². The highest BCUT2D eigenvalue weighted by Crippen LogP contribution is 2.28. The number of fused-ring (bicyclic) bond motifs is 1. The Kier molecular flexibility index (Phi) is 5.24. The summed E-state index contributed by atoms with van der Waals surface area (Å²) in [4.78, 5) is 19.7. The number of rotatable bonds is 5. The third-order valence-corrected chi connectivity index (χ3v) is 6.31. The van der Waals surface area contributed by atoms with E-state index in [2.05, 4.69) is 9.97 Å². The van der Waals surface area contributed by atoms with Gasteiger partial charge in [0.1, 0.15) is 22.2 Å². The van der Waals surface area contributed by atoms with Gasteiger partial charge in [0.15, 0.2) is 9.84 Å². The van der Waals surface area contributed by atoms with Gasteiger partial charge in [-0.15, -0.1) is 0 Å². The lowest BCUT2D eigenvalue weighted by Crippen LogP contribution is -2.12. The molecule has 0 saturated carbocycles. The molecule has 0 amide bonds. The predicted molar refractivity (Wildman–Crippen MR) is 108 cm³/mol. The van der Waals surface area contributed by atoms with E-state index in [-0.39, 0.29) is 17.0 Å². The number of aromatic nitrogens is 3. The monoisotopic (exact) mass is 443 g/mol. The molecule has 0 aliphatic rings. The van der Waals surface area contributed by atoms with Crippen LogP contribution >= 0.6 is 0 Å². The van der Waals surface area contributed by atoms with Crippen LogP contribution in [-0.4, -0.2) is 29.9 Å². The van der Waals surface area contributed by atoms with Crippen LogP contribution in [0.15, 0.2) is 70.7 Å². The lowest BCUT2D eigenvalue weighted by molar-refractivity contribution is 0.394. The molecule has 0 aliphatic carbocycles. The Labute approximate surface area is 175 Å². The second-order valence-corrected chi connectivity index (χ2v) is 8.61. The molecule has 0 aliphatic heterocycles. The summed E-state index contributed by atoms with van der Waals surface area (Å²) < 4.78 is 59.3. The average molecular weight is 443 g/mol. The van der Waals surface area contributed by atoms with E-state index in [4.69, 9.17) is 4.74 Å². The van der Waals surface area contributed by atoms with Crippen LogP contribution < -0.4 is 10.3 Å². The fraction of sp³-hybridized carbons (Fsp3) is 0.0952. The first-order chi connectivity index (χ1) is 14.8. The van der Waals surface area contributed by atoms with Crippen molar-refractivity contribution in [2.45, 2.75) is 10.6 Å². The van der Waals surface area contributed by atoms with Gasteiger partial charge < -0.3 is 4.74 Å². The van der Waals surface area contributed by atoms with Gasteiger partial charge in [-0.05, 0) is 30.3 Å². The second-order valence-electron chi connectivity index (χ2n) is 6.66.